The molecule has 162 valence electrons. The number of methoxy groups -OCH3 is 2. The Labute approximate surface area is 196 Å². The Kier molecular flexibility index (Phi) is 14.7. The van der Waals surface area contributed by atoms with Crippen molar-refractivity contribution in [1.29, 1.82) is 0 Å². The molecule has 0 amide bonds. The second-order valence-corrected chi connectivity index (χ2v) is 7.31. The summed E-state index contributed by atoms with van der Waals surface area (Å²) in [6.07, 6.45) is 2.29. The molecule has 1 rings (SSSR count). The molecule has 0 aliphatic heterocycles. The molecule has 0 fully saturated rings. The number of rotatable bonds is 11. The lowest BCUT2D eigenvalue weighted by molar-refractivity contribution is 0.292. The van der Waals surface area contributed by atoms with E-state index in [0.717, 1.165) is 42.1 Å². The second-order valence-electron chi connectivity index (χ2n) is 6.45. The van der Waals surface area contributed by atoms with Crippen molar-refractivity contribution in [1.82, 2.24) is 15.5 Å². The summed E-state index contributed by atoms with van der Waals surface area (Å²) in [5.74, 6) is 2.21. The van der Waals surface area contributed by atoms with E-state index in [0.29, 0.717) is 24.1 Å². The second kappa shape index (κ2) is 15.1. The van der Waals surface area contributed by atoms with E-state index >= 15 is 0 Å². The third-order valence-electron chi connectivity index (χ3n) is 4.57. The van der Waals surface area contributed by atoms with Gasteiger partial charge in [0.05, 0.1) is 18.7 Å². The maximum absolute atomic E-state index is 5.40. The van der Waals surface area contributed by atoms with Gasteiger partial charge in [-0.25, -0.2) is 0 Å². The zero-order chi connectivity index (χ0) is 20.2. The van der Waals surface area contributed by atoms with Gasteiger partial charge < -0.3 is 25.0 Å². The van der Waals surface area contributed by atoms with Gasteiger partial charge in [-0.2, -0.15) is 0 Å². The van der Waals surface area contributed by atoms with E-state index in [1.807, 2.05) is 12.1 Å². The van der Waals surface area contributed by atoms with Crippen LogP contribution in [0.1, 0.15) is 39.2 Å². The van der Waals surface area contributed by atoms with Crippen molar-refractivity contribution in [2.45, 2.75) is 46.2 Å². The number of hydrogen-bond acceptors (Lipinski definition) is 4. The first-order chi connectivity index (χ1) is 13.0. The molecule has 0 radical (unpaired) electrons. The van der Waals surface area contributed by atoms with E-state index in [1.165, 1.54) is 6.42 Å². The number of benzene rings is 1. The highest BCUT2D eigenvalue weighted by molar-refractivity contribution is 14.0. The van der Waals surface area contributed by atoms with Crippen LogP contribution in [0.5, 0.6) is 11.5 Å². The first kappa shape index (κ1) is 27.3. The van der Waals surface area contributed by atoms with Gasteiger partial charge in [0.1, 0.15) is 0 Å². The van der Waals surface area contributed by atoms with Crippen LogP contribution in [-0.4, -0.2) is 57.8 Å². The Morgan fingerprint density at radius 1 is 1.21 bits per heavy atom. The molecule has 1 atom stereocenters. The van der Waals surface area contributed by atoms with Gasteiger partial charge in [-0.15, -0.1) is 24.0 Å². The summed E-state index contributed by atoms with van der Waals surface area (Å²) in [6.45, 7) is 10.6. The molecule has 0 aromatic heterocycles. The van der Waals surface area contributed by atoms with Crippen LogP contribution in [0.25, 0.3) is 0 Å². The van der Waals surface area contributed by atoms with E-state index in [1.54, 1.807) is 21.3 Å². The predicted molar refractivity (Wildman–Crippen MR) is 132 cm³/mol. The number of halogens is 2. The number of hydrogen-bond donors (Lipinski definition) is 2. The van der Waals surface area contributed by atoms with Gasteiger partial charge in [-0.05, 0) is 73.0 Å². The topological polar surface area (TPSA) is 58.1 Å². The number of guanidine groups is 1. The lowest BCUT2D eigenvalue weighted by atomic mass is 10.1. The monoisotopic (exact) mass is 570 g/mol. The third kappa shape index (κ3) is 9.17. The lowest BCUT2D eigenvalue weighted by Crippen LogP contribution is -2.42. The minimum absolute atomic E-state index is 0. The fraction of sp³-hybridized carbons (Fsp3) is 0.650. The first-order valence-corrected chi connectivity index (χ1v) is 10.4. The zero-order valence-corrected chi connectivity index (χ0v) is 21.9. The molecule has 0 bridgehead atoms. The van der Waals surface area contributed by atoms with Gasteiger partial charge in [0, 0.05) is 19.6 Å². The maximum Gasteiger partial charge on any atom is 0.191 e. The van der Waals surface area contributed by atoms with Gasteiger partial charge in [0.25, 0.3) is 0 Å². The Morgan fingerprint density at radius 3 is 2.43 bits per heavy atom. The Bertz CT molecular complexity index is 598. The minimum atomic E-state index is 0. The van der Waals surface area contributed by atoms with Gasteiger partial charge >= 0.3 is 0 Å². The van der Waals surface area contributed by atoms with Crippen molar-refractivity contribution in [3.05, 3.63) is 22.2 Å². The zero-order valence-electron chi connectivity index (χ0n) is 18.0. The highest BCUT2D eigenvalue weighted by atomic mass is 127. The summed E-state index contributed by atoms with van der Waals surface area (Å²) in [5.41, 5.74) is 1.08. The molecule has 1 aromatic rings. The molecule has 1 unspecified atom stereocenters. The van der Waals surface area contributed by atoms with E-state index < -0.39 is 0 Å². The Hall–Kier alpha value is -0.740. The molecule has 6 nitrogen and oxygen atoms in total. The molecule has 0 saturated carbocycles. The quantitative estimate of drug-likeness (QED) is 0.236. The summed E-state index contributed by atoms with van der Waals surface area (Å²) in [7, 11) is 5.07. The lowest BCUT2D eigenvalue weighted by Gasteiger charge is -2.21. The molecule has 0 heterocycles. The van der Waals surface area contributed by atoms with E-state index in [2.05, 4.69) is 57.2 Å². The van der Waals surface area contributed by atoms with Crippen molar-refractivity contribution in [2.75, 3.05) is 40.9 Å². The van der Waals surface area contributed by atoms with Crippen LogP contribution >= 0.6 is 39.9 Å². The highest BCUT2D eigenvalue weighted by Crippen LogP contribution is 2.36. The van der Waals surface area contributed by atoms with Crippen molar-refractivity contribution >= 4 is 45.9 Å². The summed E-state index contributed by atoms with van der Waals surface area (Å²) >= 11 is 3.53. The molecule has 0 aliphatic rings. The number of ether oxygens (including phenoxy) is 2. The van der Waals surface area contributed by atoms with Gasteiger partial charge in [0.2, 0.25) is 0 Å². The van der Waals surface area contributed by atoms with E-state index in [-0.39, 0.29) is 24.0 Å². The molecule has 0 aliphatic carbocycles. The smallest absolute Gasteiger partial charge is 0.191 e. The summed E-state index contributed by atoms with van der Waals surface area (Å²) in [4.78, 5) is 6.79. The fourth-order valence-electron chi connectivity index (χ4n) is 2.92. The van der Waals surface area contributed by atoms with Crippen molar-refractivity contribution in [3.63, 3.8) is 0 Å². The van der Waals surface area contributed by atoms with Crippen LogP contribution in [0.15, 0.2) is 21.6 Å². The molecule has 0 saturated heterocycles. The summed E-state index contributed by atoms with van der Waals surface area (Å²) in [5, 5.41) is 6.83. The number of nitrogens with zero attached hydrogens (tertiary/aromatic N) is 2. The van der Waals surface area contributed by atoms with Gasteiger partial charge in [0.15, 0.2) is 17.5 Å². The number of aliphatic imine (C=N–C) groups is 1. The molecule has 2 N–H and O–H groups in total. The first-order valence-electron chi connectivity index (χ1n) is 9.58. The molecule has 0 spiro atoms. The van der Waals surface area contributed by atoms with Crippen molar-refractivity contribution in [2.24, 2.45) is 4.99 Å². The van der Waals surface area contributed by atoms with Crippen LogP contribution in [0.2, 0.25) is 0 Å². The maximum atomic E-state index is 5.40. The Morgan fingerprint density at radius 2 is 1.89 bits per heavy atom. The van der Waals surface area contributed by atoms with Crippen LogP contribution in [0.3, 0.4) is 0 Å². The van der Waals surface area contributed by atoms with Crippen LogP contribution < -0.4 is 20.1 Å². The number of nitrogens with one attached hydrogen (secondary N) is 2. The van der Waals surface area contributed by atoms with Crippen LogP contribution in [-0.2, 0) is 6.54 Å². The van der Waals surface area contributed by atoms with Crippen LogP contribution in [0.4, 0.5) is 0 Å². The largest absolute Gasteiger partial charge is 0.493 e. The molecular formula is C20H36BrIN4O2. The van der Waals surface area contributed by atoms with E-state index in [4.69, 9.17) is 9.47 Å². The Balaban J connectivity index is 0.00000729. The average Bonchev–Trinajstić information content (AvgIpc) is 2.67. The third-order valence-corrected chi connectivity index (χ3v) is 5.15. The van der Waals surface area contributed by atoms with Gasteiger partial charge in [-0.1, -0.05) is 13.8 Å². The molecule has 28 heavy (non-hydrogen) atoms. The van der Waals surface area contributed by atoms with E-state index in [9.17, 15) is 0 Å². The van der Waals surface area contributed by atoms with Gasteiger partial charge in [-0.3, -0.25) is 4.99 Å². The molecule has 8 heteroatoms. The molecular weight excluding hydrogens is 535 g/mol. The predicted octanol–water partition coefficient (Wildman–Crippen LogP) is 4.26. The summed E-state index contributed by atoms with van der Waals surface area (Å²) in [6, 6.07) is 4.36. The standard InChI is InChI=1S/C20H35BrN4O2.HI/c1-7-25(8-2)11-9-10-15(3)24-20(22-4)23-14-16-12-17(21)19(27-6)18(13-16)26-5;/h12-13,15H,7-11,14H2,1-6H3,(H2,22,23,24);1H. The normalized spacial score (nSPS) is 12.4. The summed E-state index contributed by atoms with van der Waals surface area (Å²) < 4.78 is 11.6. The SMILES string of the molecule is CCN(CC)CCCC(C)NC(=NC)NCc1cc(Br)c(OC)c(OC)c1.I. The average molecular weight is 571 g/mol. The van der Waals surface area contributed by atoms with Crippen molar-refractivity contribution < 1.29 is 9.47 Å². The fourth-order valence-corrected chi connectivity index (χ4v) is 3.57. The van der Waals surface area contributed by atoms with Crippen LogP contribution in [0, 0.1) is 0 Å². The minimum Gasteiger partial charge on any atom is -0.493 e. The highest BCUT2D eigenvalue weighted by Gasteiger charge is 2.11. The van der Waals surface area contributed by atoms with Crippen molar-refractivity contribution in [3.8, 4) is 11.5 Å². The molecule has 1 aromatic carbocycles.